The summed E-state index contributed by atoms with van der Waals surface area (Å²) in [5.74, 6) is 1.11. The van der Waals surface area contributed by atoms with Gasteiger partial charge in [-0.3, -0.25) is 0 Å². The predicted molar refractivity (Wildman–Crippen MR) is 65.6 cm³/mol. The van der Waals surface area contributed by atoms with E-state index in [1.54, 1.807) is 6.07 Å². The highest BCUT2D eigenvalue weighted by Crippen LogP contribution is 2.21. The molecule has 0 saturated carbocycles. The molecule has 1 atom stereocenters. The lowest BCUT2D eigenvalue weighted by atomic mass is 9.99. The standard InChI is InChI=1S/C11H15N5O2/c17-6-8-2-1-3-15(5-8)9-4-10-13-14-11(18)16(10)7-12-9/h4,7-8,17H,1-3,5-6H2,(H,14,18). The smallest absolute Gasteiger partial charge is 0.348 e. The van der Waals surface area contributed by atoms with Crippen molar-refractivity contribution in [2.75, 3.05) is 24.6 Å². The van der Waals surface area contributed by atoms with Gasteiger partial charge in [-0.25, -0.2) is 19.3 Å². The Hall–Kier alpha value is -1.89. The van der Waals surface area contributed by atoms with E-state index in [1.807, 2.05) is 0 Å². The van der Waals surface area contributed by atoms with Gasteiger partial charge in [0.1, 0.15) is 12.1 Å². The number of piperidine rings is 1. The monoisotopic (exact) mass is 249 g/mol. The lowest BCUT2D eigenvalue weighted by molar-refractivity contribution is 0.208. The topological polar surface area (TPSA) is 86.5 Å². The number of fused-ring (bicyclic) bond motifs is 1. The molecule has 1 aliphatic heterocycles. The molecule has 0 aromatic carbocycles. The Labute approximate surface area is 103 Å². The first kappa shape index (κ1) is 11.2. The maximum Gasteiger partial charge on any atom is 0.348 e. The summed E-state index contributed by atoms with van der Waals surface area (Å²) in [6.07, 6.45) is 3.58. The molecule has 2 N–H and O–H groups in total. The molecule has 0 bridgehead atoms. The maximum atomic E-state index is 11.3. The molecule has 1 saturated heterocycles. The van der Waals surface area contributed by atoms with E-state index in [-0.39, 0.29) is 12.3 Å². The number of nitrogens with one attached hydrogen (secondary N) is 1. The predicted octanol–water partition coefficient (Wildman–Crippen LogP) is -0.374. The van der Waals surface area contributed by atoms with Crippen molar-refractivity contribution in [2.24, 2.45) is 5.92 Å². The number of hydrogen-bond acceptors (Lipinski definition) is 5. The Morgan fingerprint density at radius 2 is 2.44 bits per heavy atom. The molecule has 18 heavy (non-hydrogen) atoms. The molecule has 0 aliphatic carbocycles. The van der Waals surface area contributed by atoms with Crippen molar-refractivity contribution in [3.8, 4) is 0 Å². The van der Waals surface area contributed by atoms with E-state index < -0.39 is 0 Å². The molecule has 1 unspecified atom stereocenters. The van der Waals surface area contributed by atoms with Gasteiger partial charge in [-0.1, -0.05) is 0 Å². The van der Waals surface area contributed by atoms with Gasteiger partial charge in [0.25, 0.3) is 0 Å². The third kappa shape index (κ3) is 1.86. The molecule has 1 fully saturated rings. The van der Waals surface area contributed by atoms with E-state index >= 15 is 0 Å². The first-order valence-electron chi connectivity index (χ1n) is 6.06. The molecule has 2 aromatic rings. The number of aromatic nitrogens is 4. The normalized spacial score (nSPS) is 20.5. The van der Waals surface area contributed by atoms with Crippen LogP contribution in [0.25, 0.3) is 5.65 Å². The fraction of sp³-hybridized carbons (Fsp3) is 0.545. The average molecular weight is 249 g/mol. The Kier molecular flexibility index (Phi) is 2.75. The van der Waals surface area contributed by atoms with Crippen molar-refractivity contribution in [2.45, 2.75) is 12.8 Å². The van der Waals surface area contributed by atoms with Crippen molar-refractivity contribution in [3.05, 3.63) is 22.9 Å². The highest BCUT2D eigenvalue weighted by Gasteiger charge is 2.20. The van der Waals surface area contributed by atoms with Gasteiger partial charge in [-0.15, -0.1) is 0 Å². The highest BCUT2D eigenvalue weighted by atomic mass is 16.3. The van der Waals surface area contributed by atoms with Gasteiger partial charge in [0.15, 0.2) is 5.65 Å². The number of anilines is 1. The number of rotatable bonds is 2. The molecule has 0 radical (unpaired) electrons. The molecule has 7 nitrogen and oxygen atoms in total. The Morgan fingerprint density at radius 1 is 1.56 bits per heavy atom. The largest absolute Gasteiger partial charge is 0.396 e. The number of H-pyrrole nitrogens is 1. The molecule has 3 heterocycles. The van der Waals surface area contributed by atoms with Crippen LogP contribution in [-0.4, -0.2) is 44.4 Å². The summed E-state index contributed by atoms with van der Waals surface area (Å²) < 4.78 is 1.37. The Bertz CT molecular complexity index is 605. The first-order valence-corrected chi connectivity index (χ1v) is 6.06. The van der Waals surface area contributed by atoms with Crippen molar-refractivity contribution in [1.29, 1.82) is 0 Å². The zero-order valence-electron chi connectivity index (χ0n) is 9.91. The maximum absolute atomic E-state index is 11.3. The number of aliphatic hydroxyl groups excluding tert-OH is 1. The summed E-state index contributed by atoms with van der Waals surface area (Å²) in [5, 5.41) is 15.5. The van der Waals surface area contributed by atoms with Crippen LogP contribution in [0.2, 0.25) is 0 Å². The zero-order valence-corrected chi connectivity index (χ0v) is 9.91. The minimum atomic E-state index is -0.282. The Morgan fingerprint density at radius 3 is 3.28 bits per heavy atom. The molecule has 2 aromatic heterocycles. The fourth-order valence-electron chi connectivity index (χ4n) is 2.40. The highest BCUT2D eigenvalue weighted by molar-refractivity contribution is 5.50. The van der Waals surface area contributed by atoms with Crippen LogP contribution in [0, 0.1) is 5.92 Å². The first-order chi connectivity index (χ1) is 8.78. The SMILES string of the molecule is O=c1[nH]nc2cc(N3CCCC(CO)C3)ncn12. The zero-order chi connectivity index (χ0) is 12.5. The molecule has 0 spiro atoms. The van der Waals surface area contributed by atoms with Gasteiger partial charge in [0, 0.05) is 25.8 Å². The van der Waals surface area contributed by atoms with Gasteiger partial charge in [0.05, 0.1) is 0 Å². The molecule has 7 heteroatoms. The molecular formula is C11H15N5O2. The van der Waals surface area contributed by atoms with Crippen LogP contribution in [0.3, 0.4) is 0 Å². The third-order valence-electron chi connectivity index (χ3n) is 3.40. The summed E-state index contributed by atoms with van der Waals surface area (Å²) in [4.78, 5) is 17.7. The van der Waals surface area contributed by atoms with Crippen LogP contribution in [-0.2, 0) is 0 Å². The van der Waals surface area contributed by atoms with Crippen LogP contribution in [0.5, 0.6) is 0 Å². The fourth-order valence-corrected chi connectivity index (χ4v) is 2.40. The summed E-state index contributed by atoms with van der Waals surface area (Å²) in [7, 11) is 0. The van der Waals surface area contributed by atoms with Gasteiger partial charge in [0.2, 0.25) is 0 Å². The second-order valence-electron chi connectivity index (χ2n) is 4.64. The van der Waals surface area contributed by atoms with E-state index in [0.29, 0.717) is 11.6 Å². The van der Waals surface area contributed by atoms with Crippen molar-refractivity contribution < 1.29 is 5.11 Å². The number of nitrogens with zero attached hydrogens (tertiary/aromatic N) is 4. The molecular weight excluding hydrogens is 234 g/mol. The average Bonchev–Trinajstić information content (AvgIpc) is 2.80. The lowest BCUT2D eigenvalue weighted by Crippen LogP contribution is -2.37. The third-order valence-corrected chi connectivity index (χ3v) is 3.40. The van der Waals surface area contributed by atoms with Crippen LogP contribution >= 0.6 is 0 Å². The molecule has 3 rings (SSSR count). The summed E-state index contributed by atoms with van der Waals surface area (Å²) in [5.41, 5.74) is 0.284. The lowest BCUT2D eigenvalue weighted by Gasteiger charge is -2.32. The molecule has 96 valence electrons. The van der Waals surface area contributed by atoms with E-state index in [2.05, 4.69) is 20.1 Å². The quantitative estimate of drug-likeness (QED) is 0.758. The van der Waals surface area contributed by atoms with Crippen molar-refractivity contribution >= 4 is 11.5 Å². The van der Waals surface area contributed by atoms with Crippen LogP contribution in [0.1, 0.15) is 12.8 Å². The van der Waals surface area contributed by atoms with E-state index in [0.717, 1.165) is 31.7 Å². The van der Waals surface area contributed by atoms with Gasteiger partial charge in [-0.2, -0.15) is 5.10 Å². The van der Waals surface area contributed by atoms with Crippen LogP contribution in [0.4, 0.5) is 5.82 Å². The van der Waals surface area contributed by atoms with Crippen LogP contribution < -0.4 is 10.6 Å². The van der Waals surface area contributed by atoms with E-state index in [1.165, 1.54) is 10.7 Å². The molecule has 1 aliphatic rings. The summed E-state index contributed by atoms with van der Waals surface area (Å²) >= 11 is 0. The second kappa shape index (κ2) is 4.41. The Balaban J connectivity index is 1.91. The number of aliphatic hydroxyl groups is 1. The number of aromatic amines is 1. The minimum absolute atomic E-state index is 0.209. The minimum Gasteiger partial charge on any atom is -0.396 e. The summed E-state index contributed by atoms with van der Waals surface area (Å²) in [6.45, 7) is 1.93. The van der Waals surface area contributed by atoms with Gasteiger partial charge < -0.3 is 10.0 Å². The van der Waals surface area contributed by atoms with Crippen molar-refractivity contribution in [1.82, 2.24) is 19.6 Å². The van der Waals surface area contributed by atoms with E-state index in [9.17, 15) is 9.90 Å². The van der Waals surface area contributed by atoms with Gasteiger partial charge in [-0.05, 0) is 18.8 Å². The summed E-state index contributed by atoms with van der Waals surface area (Å²) in [6, 6.07) is 1.79. The number of hydrogen-bond donors (Lipinski definition) is 2. The second-order valence-corrected chi connectivity index (χ2v) is 4.64. The molecule has 0 amide bonds. The van der Waals surface area contributed by atoms with Crippen LogP contribution in [0.15, 0.2) is 17.2 Å². The van der Waals surface area contributed by atoms with Crippen molar-refractivity contribution in [3.63, 3.8) is 0 Å². The van der Waals surface area contributed by atoms with E-state index in [4.69, 9.17) is 0 Å². The van der Waals surface area contributed by atoms with Gasteiger partial charge >= 0.3 is 5.69 Å².